The summed E-state index contributed by atoms with van der Waals surface area (Å²) in [7, 11) is -1.78. The maximum atomic E-state index is 11.4. The van der Waals surface area contributed by atoms with Gasteiger partial charge < -0.3 is 15.1 Å². The van der Waals surface area contributed by atoms with E-state index in [1.165, 1.54) is 12.1 Å². The molecule has 0 amide bonds. The minimum absolute atomic E-state index is 0. The van der Waals surface area contributed by atoms with Crippen LogP contribution in [0.4, 0.5) is 0 Å². The third kappa shape index (κ3) is 7.99. The quantitative estimate of drug-likeness (QED) is 0.209. The first-order valence-corrected chi connectivity index (χ1v) is 11.1. The van der Waals surface area contributed by atoms with Crippen molar-refractivity contribution in [1.82, 2.24) is 20.4 Å². The van der Waals surface area contributed by atoms with Crippen molar-refractivity contribution in [2.75, 3.05) is 13.1 Å². The van der Waals surface area contributed by atoms with E-state index in [9.17, 15) is 8.42 Å². The monoisotopic (exact) mass is 558 g/mol. The number of hydrogen-bond donors (Lipinski definition) is 3. The van der Waals surface area contributed by atoms with Crippen molar-refractivity contribution in [3.05, 3.63) is 71.9 Å². The highest BCUT2D eigenvalue weighted by Crippen LogP contribution is 2.09. The van der Waals surface area contributed by atoms with E-state index in [2.05, 4.69) is 20.7 Å². The number of rotatable bonds is 9. The van der Waals surface area contributed by atoms with E-state index in [0.717, 1.165) is 29.9 Å². The van der Waals surface area contributed by atoms with Gasteiger partial charge in [-0.25, -0.2) is 18.5 Å². The fraction of sp³-hybridized carbons (Fsp3) is 0.300. The van der Waals surface area contributed by atoms with Crippen LogP contribution in [0.1, 0.15) is 17.0 Å². The third-order valence-corrected chi connectivity index (χ3v) is 5.44. The summed E-state index contributed by atoms with van der Waals surface area (Å²) >= 11 is 0. The highest BCUT2D eigenvalue weighted by molar-refractivity contribution is 14.0. The number of nitrogens with zero attached hydrogens (tertiary/aromatic N) is 3. The number of sulfonamides is 1. The predicted octanol–water partition coefficient (Wildman–Crippen LogP) is 1.80. The summed E-state index contributed by atoms with van der Waals surface area (Å²) in [6, 6.07) is 12.2. The Morgan fingerprint density at radius 3 is 2.42 bits per heavy atom. The number of furan rings is 1. The van der Waals surface area contributed by atoms with E-state index in [-0.39, 0.29) is 28.9 Å². The van der Waals surface area contributed by atoms with E-state index in [4.69, 9.17) is 9.56 Å². The zero-order valence-electron chi connectivity index (χ0n) is 17.2. The fourth-order valence-corrected chi connectivity index (χ4v) is 3.36. The molecule has 168 valence electrons. The normalized spacial score (nSPS) is 11.7. The summed E-state index contributed by atoms with van der Waals surface area (Å²) in [5.41, 5.74) is 2.00. The van der Waals surface area contributed by atoms with Gasteiger partial charge in [0.1, 0.15) is 5.76 Å². The molecule has 0 aliphatic carbocycles. The summed E-state index contributed by atoms with van der Waals surface area (Å²) in [4.78, 5) is 4.69. The lowest BCUT2D eigenvalue weighted by atomic mass is 10.2. The second-order valence-electron chi connectivity index (χ2n) is 6.73. The van der Waals surface area contributed by atoms with Gasteiger partial charge in [-0.15, -0.1) is 24.0 Å². The second kappa shape index (κ2) is 11.9. The summed E-state index contributed by atoms with van der Waals surface area (Å²) in [6.07, 6.45) is 4.97. The topological polar surface area (TPSA) is 128 Å². The Hall–Kier alpha value is -2.38. The van der Waals surface area contributed by atoms with Crippen LogP contribution in [0.3, 0.4) is 0 Å². The van der Waals surface area contributed by atoms with Crippen LogP contribution in [0.15, 0.2) is 69.2 Å². The number of aryl methyl sites for hydroxylation is 1. The average molecular weight is 558 g/mol. The predicted molar refractivity (Wildman–Crippen MR) is 130 cm³/mol. The fourth-order valence-electron chi connectivity index (χ4n) is 2.84. The lowest BCUT2D eigenvalue weighted by molar-refractivity contribution is 0.506. The molecule has 1 aromatic carbocycles. The first-order valence-electron chi connectivity index (χ1n) is 9.55. The highest BCUT2D eigenvalue weighted by Gasteiger charge is 2.07. The number of halogens is 1. The molecule has 3 rings (SSSR count). The molecule has 0 radical (unpaired) electrons. The molecule has 4 N–H and O–H groups in total. The van der Waals surface area contributed by atoms with Crippen molar-refractivity contribution in [3.8, 4) is 0 Å². The number of aromatic nitrogens is 2. The van der Waals surface area contributed by atoms with Gasteiger partial charge in [0.15, 0.2) is 5.96 Å². The van der Waals surface area contributed by atoms with Gasteiger partial charge >= 0.3 is 0 Å². The zero-order chi connectivity index (χ0) is 21.4. The van der Waals surface area contributed by atoms with Crippen LogP contribution in [-0.2, 0) is 36.5 Å². The lowest BCUT2D eigenvalue weighted by Gasteiger charge is -2.12. The molecule has 0 fully saturated rings. The van der Waals surface area contributed by atoms with Crippen LogP contribution in [0.5, 0.6) is 0 Å². The first-order chi connectivity index (χ1) is 14.4. The van der Waals surface area contributed by atoms with Crippen LogP contribution in [0.2, 0.25) is 0 Å². The maximum Gasteiger partial charge on any atom is 0.238 e. The molecular weight excluding hydrogens is 531 g/mol. The molecule has 0 aliphatic rings. The van der Waals surface area contributed by atoms with Crippen molar-refractivity contribution in [2.45, 2.75) is 24.3 Å². The average Bonchev–Trinajstić information content (AvgIpc) is 3.37. The number of benzene rings is 1. The number of hydrogen-bond acceptors (Lipinski definition) is 5. The molecule has 3 aromatic rings. The Labute approximate surface area is 199 Å². The molecule has 0 spiro atoms. The highest BCUT2D eigenvalue weighted by atomic mass is 127. The number of nitrogens with two attached hydrogens (primary N) is 1. The maximum absolute atomic E-state index is 11.4. The van der Waals surface area contributed by atoms with Gasteiger partial charge in [0.2, 0.25) is 10.0 Å². The Kier molecular flexibility index (Phi) is 9.52. The minimum atomic E-state index is -3.70. The molecular formula is C20H27IN6O3S. The zero-order valence-corrected chi connectivity index (χ0v) is 20.3. The summed E-state index contributed by atoms with van der Waals surface area (Å²) < 4.78 is 30.0. The van der Waals surface area contributed by atoms with Crippen molar-refractivity contribution >= 4 is 40.0 Å². The second-order valence-corrected chi connectivity index (χ2v) is 8.29. The molecule has 0 aliphatic heterocycles. The van der Waals surface area contributed by atoms with Crippen LogP contribution in [0, 0.1) is 0 Å². The van der Waals surface area contributed by atoms with Gasteiger partial charge in [-0.1, -0.05) is 12.1 Å². The van der Waals surface area contributed by atoms with E-state index >= 15 is 0 Å². The molecule has 0 unspecified atom stereocenters. The van der Waals surface area contributed by atoms with E-state index < -0.39 is 10.0 Å². The molecule has 0 saturated carbocycles. The van der Waals surface area contributed by atoms with Crippen molar-refractivity contribution in [3.63, 3.8) is 0 Å². The van der Waals surface area contributed by atoms with Crippen molar-refractivity contribution in [1.29, 1.82) is 0 Å². The number of guanidine groups is 1. The molecule has 11 heteroatoms. The molecule has 0 saturated heterocycles. The van der Waals surface area contributed by atoms with Gasteiger partial charge in [0.05, 0.1) is 17.7 Å². The van der Waals surface area contributed by atoms with Gasteiger partial charge in [0.25, 0.3) is 0 Å². The Balaban J connectivity index is 0.00000341. The molecule has 2 heterocycles. The molecule has 0 atom stereocenters. The van der Waals surface area contributed by atoms with E-state index in [1.54, 1.807) is 24.6 Å². The van der Waals surface area contributed by atoms with Crippen molar-refractivity contribution in [2.24, 2.45) is 17.2 Å². The number of aliphatic imine (C=N–C) groups is 1. The van der Waals surface area contributed by atoms with Gasteiger partial charge in [-0.2, -0.15) is 5.10 Å². The van der Waals surface area contributed by atoms with E-state index in [1.807, 2.05) is 29.9 Å². The third-order valence-electron chi connectivity index (χ3n) is 4.51. The number of primary sulfonamides is 1. The van der Waals surface area contributed by atoms with Gasteiger partial charge in [0, 0.05) is 44.9 Å². The van der Waals surface area contributed by atoms with Crippen molar-refractivity contribution < 1.29 is 12.8 Å². The minimum Gasteiger partial charge on any atom is -0.469 e. The van der Waals surface area contributed by atoms with Crippen LogP contribution in [0.25, 0.3) is 0 Å². The molecule has 0 bridgehead atoms. The summed E-state index contributed by atoms with van der Waals surface area (Å²) in [5, 5.41) is 15.9. The molecule has 31 heavy (non-hydrogen) atoms. The molecule has 9 nitrogen and oxygen atoms in total. The Morgan fingerprint density at radius 1 is 1.13 bits per heavy atom. The van der Waals surface area contributed by atoms with E-state index in [0.29, 0.717) is 25.6 Å². The van der Waals surface area contributed by atoms with Gasteiger partial charge in [-0.3, -0.25) is 4.68 Å². The Morgan fingerprint density at radius 2 is 1.84 bits per heavy atom. The SMILES string of the molecule is Cn1nccc1CCNC(=NCc1ccc(S(N)(=O)=O)cc1)NCCc1ccco1.I. The van der Waals surface area contributed by atoms with Crippen LogP contribution in [-0.4, -0.2) is 37.2 Å². The summed E-state index contributed by atoms with van der Waals surface area (Å²) in [5.74, 6) is 1.56. The van der Waals surface area contributed by atoms with Gasteiger partial charge in [-0.05, 0) is 35.9 Å². The van der Waals surface area contributed by atoms with Crippen LogP contribution >= 0.6 is 24.0 Å². The molecule has 2 aromatic heterocycles. The summed E-state index contributed by atoms with van der Waals surface area (Å²) in [6.45, 7) is 1.75. The first kappa shape index (κ1) is 24.9. The Bertz CT molecular complexity index is 1060. The number of nitrogens with one attached hydrogen (secondary N) is 2. The standard InChI is InChI=1S/C20H26N6O3S.HI/c1-26-17(9-13-25-26)8-11-22-20(23-12-10-18-3-2-14-29-18)24-15-16-4-6-19(7-5-16)30(21,27)28;/h2-7,9,13-14H,8,10-12,15H2,1H3,(H2,21,27,28)(H2,22,23,24);1H. The van der Waals surface area contributed by atoms with Crippen LogP contribution < -0.4 is 15.8 Å². The largest absolute Gasteiger partial charge is 0.469 e. The smallest absolute Gasteiger partial charge is 0.238 e. The lowest BCUT2D eigenvalue weighted by Crippen LogP contribution is -2.39.